The van der Waals surface area contributed by atoms with Crippen molar-refractivity contribution < 1.29 is 9.84 Å². The highest BCUT2D eigenvalue weighted by atomic mass is 16.5. The quantitative estimate of drug-likeness (QED) is 0.889. The van der Waals surface area contributed by atoms with Crippen LogP contribution in [0.25, 0.3) is 0 Å². The van der Waals surface area contributed by atoms with E-state index in [-0.39, 0.29) is 5.60 Å². The van der Waals surface area contributed by atoms with E-state index in [1.807, 2.05) is 11.7 Å². The van der Waals surface area contributed by atoms with E-state index >= 15 is 0 Å². The number of aromatic nitrogens is 2. The zero-order chi connectivity index (χ0) is 13.9. The molecule has 0 amide bonds. The lowest BCUT2D eigenvalue weighted by Crippen LogP contribution is -2.47. The van der Waals surface area contributed by atoms with Crippen molar-refractivity contribution in [3.05, 3.63) is 17.5 Å². The average molecular weight is 266 g/mol. The molecule has 0 aliphatic heterocycles. The summed E-state index contributed by atoms with van der Waals surface area (Å²) < 4.78 is 7.59. The molecule has 4 heteroatoms. The fraction of sp³-hybridized carbons (Fsp3) is 0.800. The fourth-order valence-corrected chi connectivity index (χ4v) is 3.14. The zero-order valence-corrected chi connectivity index (χ0v) is 12.4. The second kappa shape index (κ2) is 6.06. The molecular weight excluding hydrogens is 240 g/mol. The molecule has 19 heavy (non-hydrogen) atoms. The molecule has 1 atom stereocenters. The molecule has 4 nitrogen and oxygen atoms in total. The summed E-state index contributed by atoms with van der Waals surface area (Å²) in [5.41, 5.74) is 1.82. The third-order valence-corrected chi connectivity index (χ3v) is 4.51. The van der Waals surface area contributed by atoms with Crippen molar-refractivity contribution in [1.82, 2.24) is 9.78 Å². The van der Waals surface area contributed by atoms with Crippen molar-refractivity contribution in [2.45, 2.75) is 63.6 Å². The highest BCUT2D eigenvalue weighted by molar-refractivity contribution is 5.12. The molecule has 1 aromatic rings. The van der Waals surface area contributed by atoms with E-state index in [1.165, 1.54) is 6.42 Å². The lowest BCUT2D eigenvalue weighted by molar-refractivity contribution is -0.122. The molecule has 108 valence electrons. The van der Waals surface area contributed by atoms with Gasteiger partial charge in [0.15, 0.2) is 0 Å². The molecule has 0 bridgehead atoms. The molecule has 1 saturated carbocycles. The first-order valence-electron chi connectivity index (χ1n) is 7.36. The minimum Gasteiger partial charge on any atom is -0.390 e. The van der Waals surface area contributed by atoms with Gasteiger partial charge >= 0.3 is 0 Å². The van der Waals surface area contributed by atoms with Crippen LogP contribution in [0.3, 0.4) is 0 Å². The molecule has 0 radical (unpaired) electrons. The molecule has 2 rings (SSSR count). The summed E-state index contributed by atoms with van der Waals surface area (Å²) in [4.78, 5) is 0. The van der Waals surface area contributed by atoms with Gasteiger partial charge in [-0.1, -0.05) is 26.2 Å². The Hall–Kier alpha value is -0.870. The molecule has 1 unspecified atom stereocenters. The van der Waals surface area contributed by atoms with Crippen LogP contribution in [0.5, 0.6) is 0 Å². The molecule has 0 saturated heterocycles. The number of rotatable bonds is 5. The summed E-state index contributed by atoms with van der Waals surface area (Å²) in [5, 5.41) is 15.1. The Morgan fingerprint density at radius 1 is 1.42 bits per heavy atom. The molecule has 1 aliphatic rings. The number of nitrogens with zero attached hydrogens (tertiary/aromatic N) is 2. The maximum absolute atomic E-state index is 10.6. The number of hydrogen-bond acceptors (Lipinski definition) is 3. The largest absolute Gasteiger partial charge is 0.390 e. The first-order chi connectivity index (χ1) is 9.11. The summed E-state index contributed by atoms with van der Waals surface area (Å²) in [6, 6.07) is 2.09. The van der Waals surface area contributed by atoms with Crippen molar-refractivity contribution in [3.8, 4) is 0 Å². The van der Waals surface area contributed by atoms with Crippen LogP contribution in [0.15, 0.2) is 6.07 Å². The van der Waals surface area contributed by atoms with E-state index in [2.05, 4.69) is 18.1 Å². The third-order valence-electron chi connectivity index (χ3n) is 4.51. The monoisotopic (exact) mass is 266 g/mol. The standard InChI is InChI=1S/C15H26N2O2/c1-4-12-10-13(17(2)16-12)11-14(18)15(19-3)8-6-5-7-9-15/h10,14,18H,4-9,11H2,1-3H3. The van der Waals surface area contributed by atoms with Gasteiger partial charge in [-0.25, -0.2) is 0 Å². The maximum atomic E-state index is 10.6. The summed E-state index contributed by atoms with van der Waals surface area (Å²) in [6.07, 6.45) is 6.58. The highest BCUT2D eigenvalue weighted by Gasteiger charge is 2.39. The van der Waals surface area contributed by atoms with Crippen LogP contribution in [0.1, 0.15) is 50.4 Å². The van der Waals surface area contributed by atoms with Gasteiger partial charge in [0.25, 0.3) is 0 Å². The molecule has 1 aromatic heterocycles. The van der Waals surface area contributed by atoms with Crippen LogP contribution in [0.4, 0.5) is 0 Å². The van der Waals surface area contributed by atoms with Crippen LogP contribution in [0, 0.1) is 0 Å². The van der Waals surface area contributed by atoms with Crippen molar-refractivity contribution in [1.29, 1.82) is 0 Å². The number of ether oxygens (including phenoxy) is 1. The first kappa shape index (κ1) is 14.5. The van der Waals surface area contributed by atoms with E-state index in [9.17, 15) is 5.11 Å². The molecule has 1 heterocycles. The molecule has 0 aromatic carbocycles. The molecular formula is C15H26N2O2. The number of methoxy groups -OCH3 is 1. The lowest BCUT2D eigenvalue weighted by atomic mass is 9.79. The van der Waals surface area contributed by atoms with Crippen LogP contribution in [0.2, 0.25) is 0 Å². The number of aliphatic hydroxyl groups excluding tert-OH is 1. The number of hydrogen-bond donors (Lipinski definition) is 1. The van der Waals surface area contributed by atoms with E-state index in [0.29, 0.717) is 6.42 Å². The van der Waals surface area contributed by atoms with E-state index in [1.54, 1.807) is 7.11 Å². The summed E-state index contributed by atoms with van der Waals surface area (Å²) in [7, 11) is 3.68. The van der Waals surface area contributed by atoms with Gasteiger partial charge in [-0.05, 0) is 25.3 Å². The van der Waals surface area contributed by atoms with Gasteiger partial charge in [0.05, 0.1) is 17.4 Å². The average Bonchev–Trinajstić information content (AvgIpc) is 2.80. The van der Waals surface area contributed by atoms with Gasteiger partial charge in [-0.3, -0.25) is 4.68 Å². The minimum absolute atomic E-state index is 0.352. The first-order valence-corrected chi connectivity index (χ1v) is 7.36. The van der Waals surface area contributed by atoms with Gasteiger partial charge in [-0.2, -0.15) is 5.10 Å². The Balaban J connectivity index is 2.09. The third kappa shape index (κ3) is 3.00. The number of aryl methyl sites for hydroxylation is 2. The van der Waals surface area contributed by atoms with Gasteiger partial charge in [0, 0.05) is 26.3 Å². The SMILES string of the molecule is CCc1cc(CC(O)C2(OC)CCCCC2)n(C)n1. The summed E-state index contributed by atoms with van der Waals surface area (Å²) >= 11 is 0. The second-order valence-corrected chi connectivity index (χ2v) is 5.65. The van der Waals surface area contributed by atoms with Crippen LogP contribution in [-0.2, 0) is 24.6 Å². The predicted octanol–water partition coefficient (Wildman–Crippen LogP) is 2.24. The second-order valence-electron chi connectivity index (χ2n) is 5.65. The van der Waals surface area contributed by atoms with Gasteiger partial charge < -0.3 is 9.84 Å². The van der Waals surface area contributed by atoms with Crippen LogP contribution < -0.4 is 0 Å². The molecule has 1 aliphatic carbocycles. The zero-order valence-electron chi connectivity index (χ0n) is 12.4. The van der Waals surface area contributed by atoms with Crippen molar-refractivity contribution in [2.75, 3.05) is 7.11 Å². The normalized spacial score (nSPS) is 20.4. The predicted molar refractivity (Wildman–Crippen MR) is 75.1 cm³/mol. The molecule has 0 spiro atoms. The summed E-state index contributed by atoms with van der Waals surface area (Å²) in [6.45, 7) is 2.10. The Labute approximate surface area is 115 Å². The summed E-state index contributed by atoms with van der Waals surface area (Å²) in [5.74, 6) is 0. The van der Waals surface area contributed by atoms with Gasteiger partial charge in [-0.15, -0.1) is 0 Å². The van der Waals surface area contributed by atoms with Crippen LogP contribution >= 0.6 is 0 Å². The van der Waals surface area contributed by atoms with Gasteiger partial charge in [0.2, 0.25) is 0 Å². The minimum atomic E-state index is -0.446. The van der Waals surface area contributed by atoms with Crippen LogP contribution in [-0.4, -0.2) is 33.7 Å². The van der Waals surface area contributed by atoms with Crippen molar-refractivity contribution in [2.24, 2.45) is 7.05 Å². The Morgan fingerprint density at radius 3 is 2.63 bits per heavy atom. The highest BCUT2D eigenvalue weighted by Crippen LogP contribution is 2.35. The fourth-order valence-electron chi connectivity index (χ4n) is 3.14. The molecule has 1 fully saturated rings. The number of aliphatic hydroxyl groups is 1. The Bertz CT molecular complexity index is 408. The Morgan fingerprint density at radius 2 is 2.11 bits per heavy atom. The Kier molecular flexibility index (Phi) is 4.63. The van der Waals surface area contributed by atoms with E-state index in [0.717, 1.165) is 43.5 Å². The van der Waals surface area contributed by atoms with E-state index < -0.39 is 6.10 Å². The smallest absolute Gasteiger partial charge is 0.0940 e. The maximum Gasteiger partial charge on any atom is 0.0940 e. The van der Waals surface area contributed by atoms with Crippen molar-refractivity contribution >= 4 is 0 Å². The van der Waals surface area contributed by atoms with E-state index in [4.69, 9.17) is 4.74 Å². The molecule has 1 N–H and O–H groups in total. The topological polar surface area (TPSA) is 47.3 Å². The van der Waals surface area contributed by atoms with Gasteiger partial charge in [0.1, 0.15) is 0 Å². The van der Waals surface area contributed by atoms with Crippen molar-refractivity contribution in [3.63, 3.8) is 0 Å². The lowest BCUT2D eigenvalue weighted by Gasteiger charge is -2.39.